The molecule has 2 amide bonds. The molecule has 0 aliphatic rings. The van der Waals surface area contributed by atoms with Gasteiger partial charge >= 0.3 is 11.9 Å². The Kier molecular flexibility index (Phi) is 7.18. The molecule has 0 saturated carbocycles. The van der Waals surface area contributed by atoms with Crippen molar-refractivity contribution in [2.45, 2.75) is 26.0 Å². The minimum absolute atomic E-state index is 0.358. The predicted octanol–water partition coefficient (Wildman–Crippen LogP) is -2.80. The average molecular weight is 291 g/mol. The third-order valence-electron chi connectivity index (χ3n) is 2.07. The van der Waals surface area contributed by atoms with Crippen LogP contribution in [-0.4, -0.2) is 64.3 Å². The number of nitrogens with one attached hydrogen (secondary N) is 1. The molecule has 0 aliphatic carbocycles. The second-order valence-corrected chi connectivity index (χ2v) is 3.81. The van der Waals surface area contributed by atoms with Crippen LogP contribution < -0.4 is 11.1 Å². The molecule has 10 nitrogen and oxygen atoms in total. The molecule has 0 aromatic carbocycles. The predicted molar refractivity (Wildman–Crippen MR) is 63.8 cm³/mol. The van der Waals surface area contributed by atoms with E-state index in [1.54, 1.807) is 0 Å². The van der Waals surface area contributed by atoms with Gasteiger partial charge in [-0.05, 0) is 6.92 Å². The normalized spacial score (nSPS) is 13.0. The quantitative estimate of drug-likeness (QED) is 0.382. The highest BCUT2D eigenvalue weighted by molar-refractivity contribution is 5.89. The molecule has 20 heavy (non-hydrogen) atoms. The first-order valence-electron chi connectivity index (χ1n) is 5.59. The van der Waals surface area contributed by atoms with Crippen molar-refractivity contribution in [3.8, 4) is 0 Å². The number of aliphatic carboxylic acids is 1. The maximum atomic E-state index is 11.8. The molecule has 0 saturated heterocycles. The second-order valence-electron chi connectivity index (χ2n) is 3.81. The van der Waals surface area contributed by atoms with Crippen LogP contribution in [0.3, 0.4) is 0 Å². The standard InChI is InChI=1S/C10H17N3O7/c1-5(14)9(10(19)12-4-7(16)17)13(6(2)15)20-8(18)3-11/h5,9,14H,3-4,11H2,1-2H3,(H,12,19)(H,16,17)/t5-,9+/m1/s1. The van der Waals surface area contributed by atoms with Gasteiger partial charge in [0.25, 0.3) is 5.91 Å². The van der Waals surface area contributed by atoms with Crippen LogP contribution >= 0.6 is 0 Å². The highest BCUT2D eigenvalue weighted by atomic mass is 16.7. The number of nitrogens with two attached hydrogens (primary N) is 1. The molecular weight excluding hydrogens is 274 g/mol. The van der Waals surface area contributed by atoms with Crippen LogP contribution in [0.4, 0.5) is 0 Å². The first kappa shape index (κ1) is 17.8. The van der Waals surface area contributed by atoms with E-state index in [2.05, 4.69) is 4.84 Å². The van der Waals surface area contributed by atoms with Crippen molar-refractivity contribution in [1.82, 2.24) is 10.4 Å². The van der Waals surface area contributed by atoms with E-state index in [1.807, 2.05) is 5.32 Å². The summed E-state index contributed by atoms with van der Waals surface area (Å²) in [6, 6.07) is -1.58. The van der Waals surface area contributed by atoms with Gasteiger partial charge in [-0.25, -0.2) is 4.79 Å². The summed E-state index contributed by atoms with van der Waals surface area (Å²) in [5, 5.41) is 20.3. The monoisotopic (exact) mass is 291 g/mol. The largest absolute Gasteiger partial charge is 0.480 e. The van der Waals surface area contributed by atoms with Gasteiger partial charge in [-0.3, -0.25) is 14.4 Å². The van der Waals surface area contributed by atoms with E-state index < -0.39 is 49.0 Å². The Bertz CT molecular complexity index is 396. The number of rotatable bonds is 6. The van der Waals surface area contributed by atoms with Crippen LogP contribution in [0.5, 0.6) is 0 Å². The Labute approximate surface area is 114 Å². The molecule has 0 aliphatic heterocycles. The van der Waals surface area contributed by atoms with Gasteiger partial charge < -0.3 is 26.1 Å². The molecule has 0 heterocycles. The third-order valence-corrected chi connectivity index (χ3v) is 2.07. The summed E-state index contributed by atoms with van der Waals surface area (Å²) >= 11 is 0. The van der Waals surface area contributed by atoms with E-state index in [0.717, 1.165) is 6.92 Å². The Morgan fingerprint density at radius 3 is 2.25 bits per heavy atom. The Balaban J connectivity index is 5.07. The molecule has 0 radical (unpaired) electrons. The molecule has 0 spiro atoms. The lowest BCUT2D eigenvalue weighted by atomic mass is 10.1. The zero-order valence-electron chi connectivity index (χ0n) is 11.0. The molecule has 5 N–H and O–H groups in total. The summed E-state index contributed by atoms with van der Waals surface area (Å²) in [6.07, 6.45) is -1.40. The summed E-state index contributed by atoms with van der Waals surface area (Å²) in [6.45, 7) is 0.937. The van der Waals surface area contributed by atoms with Crippen molar-refractivity contribution in [1.29, 1.82) is 0 Å². The maximum Gasteiger partial charge on any atom is 0.345 e. The van der Waals surface area contributed by atoms with Crippen molar-refractivity contribution >= 4 is 23.8 Å². The average Bonchev–Trinajstić information content (AvgIpc) is 2.34. The lowest BCUT2D eigenvalue weighted by Gasteiger charge is -2.29. The smallest absolute Gasteiger partial charge is 0.345 e. The van der Waals surface area contributed by atoms with Gasteiger partial charge in [0, 0.05) is 6.92 Å². The summed E-state index contributed by atoms with van der Waals surface area (Å²) in [4.78, 5) is 49.2. The van der Waals surface area contributed by atoms with E-state index in [9.17, 15) is 24.3 Å². The summed E-state index contributed by atoms with van der Waals surface area (Å²) < 4.78 is 0. The molecule has 2 atom stereocenters. The molecule has 0 unspecified atom stereocenters. The minimum Gasteiger partial charge on any atom is -0.480 e. The van der Waals surface area contributed by atoms with Gasteiger partial charge in [0.15, 0.2) is 6.04 Å². The van der Waals surface area contributed by atoms with Crippen LogP contribution in [0, 0.1) is 0 Å². The summed E-state index contributed by atoms with van der Waals surface area (Å²) in [5.74, 6) is -4.11. The SMILES string of the molecule is CC(=O)N(OC(=O)CN)[C@H](C(=O)NCC(=O)O)[C@@H](C)O. The molecule has 114 valence electrons. The number of aliphatic hydroxyl groups excluding tert-OH is 1. The number of hydrogen-bond acceptors (Lipinski definition) is 7. The molecule has 0 aromatic rings. The van der Waals surface area contributed by atoms with Crippen molar-refractivity contribution in [2.75, 3.05) is 13.1 Å². The number of carboxylic acids is 1. The number of carboxylic acid groups (broad SMARTS) is 1. The third kappa shape index (κ3) is 5.63. The molecule has 0 fully saturated rings. The number of hydrogen-bond donors (Lipinski definition) is 4. The Morgan fingerprint density at radius 2 is 1.90 bits per heavy atom. The van der Waals surface area contributed by atoms with Crippen molar-refractivity contribution in [3.05, 3.63) is 0 Å². The van der Waals surface area contributed by atoms with E-state index in [0.29, 0.717) is 5.06 Å². The molecule has 10 heteroatoms. The van der Waals surface area contributed by atoms with Crippen molar-refractivity contribution < 1.29 is 34.2 Å². The van der Waals surface area contributed by atoms with E-state index >= 15 is 0 Å². The number of hydroxylamine groups is 2. The highest BCUT2D eigenvalue weighted by Gasteiger charge is 2.35. The van der Waals surface area contributed by atoms with Gasteiger partial charge in [-0.2, -0.15) is 5.06 Å². The first-order chi connectivity index (χ1) is 9.20. The van der Waals surface area contributed by atoms with Crippen LogP contribution in [0.15, 0.2) is 0 Å². The fourth-order valence-corrected chi connectivity index (χ4v) is 1.25. The van der Waals surface area contributed by atoms with Gasteiger partial charge in [-0.1, -0.05) is 0 Å². The summed E-state index contributed by atoms with van der Waals surface area (Å²) in [7, 11) is 0. The molecule has 0 aromatic heterocycles. The molecular formula is C10H17N3O7. The zero-order valence-corrected chi connectivity index (χ0v) is 11.0. The van der Waals surface area contributed by atoms with Gasteiger partial charge in [0.05, 0.1) is 12.6 Å². The van der Waals surface area contributed by atoms with Crippen LogP contribution in [-0.2, 0) is 24.0 Å². The highest BCUT2D eigenvalue weighted by Crippen LogP contribution is 2.07. The van der Waals surface area contributed by atoms with Crippen LogP contribution in [0.25, 0.3) is 0 Å². The van der Waals surface area contributed by atoms with Gasteiger partial charge in [0.2, 0.25) is 5.91 Å². The van der Waals surface area contributed by atoms with Crippen molar-refractivity contribution in [3.63, 3.8) is 0 Å². The number of aliphatic hydroxyl groups is 1. The zero-order chi connectivity index (χ0) is 15.9. The lowest BCUT2D eigenvalue weighted by Crippen LogP contribution is -2.55. The number of amides is 2. The summed E-state index contributed by atoms with van der Waals surface area (Å²) in [5.41, 5.74) is 5.02. The second kappa shape index (κ2) is 8.07. The molecule has 0 bridgehead atoms. The fraction of sp³-hybridized carbons (Fsp3) is 0.600. The lowest BCUT2D eigenvalue weighted by molar-refractivity contribution is -0.211. The van der Waals surface area contributed by atoms with Gasteiger partial charge in [0.1, 0.15) is 6.54 Å². The first-order valence-corrected chi connectivity index (χ1v) is 5.59. The van der Waals surface area contributed by atoms with Crippen molar-refractivity contribution in [2.24, 2.45) is 5.73 Å². The van der Waals surface area contributed by atoms with Crippen LogP contribution in [0.2, 0.25) is 0 Å². The maximum absolute atomic E-state index is 11.8. The molecule has 0 rings (SSSR count). The van der Waals surface area contributed by atoms with E-state index in [1.165, 1.54) is 6.92 Å². The number of carbonyl (C=O) groups is 4. The Hall–Kier alpha value is -2.20. The van der Waals surface area contributed by atoms with E-state index in [4.69, 9.17) is 10.8 Å². The minimum atomic E-state index is -1.58. The topological polar surface area (TPSA) is 159 Å². The van der Waals surface area contributed by atoms with Crippen LogP contribution in [0.1, 0.15) is 13.8 Å². The number of carbonyl (C=O) groups excluding carboxylic acids is 3. The number of nitrogens with zero attached hydrogens (tertiary/aromatic N) is 1. The Morgan fingerprint density at radius 1 is 1.35 bits per heavy atom. The fourth-order valence-electron chi connectivity index (χ4n) is 1.25. The van der Waals surface area contributed by atoms with Gasteiger partial charge in [-0.15, -0.1) is 0 Å². The van der Waals surface area contributed by atoms with E-state index in [-0.39, 0.29) is 0 Å².